The molecule has 0 N–H and O–H groups in total. The molecule has 112 valence electrons. The molecule has 0 radical (unpaired) electrons. The second-order valence-electron chi connectivity index (χ2n) is 4.44. The van der Waals surface area contributed by atoms with Crippen LogP contribution in [-0.4, -0.2) is 34.5 Å². The van der Waals surface area contributed by atoms with E-state index in [1.54, 1.807) is 0 Å². The molecule has 0 aromatic heterocycles. The lowest BCUT2D eigenvalue weighted by molar-refractivity contribution is -0.176. The molecule has 0 aromatic rings. The van der Waals surface area contributed by atoms with E-state index in [0.29, 0.717) is 12.8 Å². The van der Waals surface area contributed by atoms with Gasteiger partial charge in [-0.1, -0.05) is 22.6 Å². The van der Waals surface area contributed by atoms with Crippen LogP contribution in [-0.2, 0) is 19.1 Å². The molecule has 0 aromatic carbocycles. The van der Waals surface area contributed by atoms with Gasteiger partial charge in [-0.2, -0.15) is 8.78 Å². The van der Waals surface area contributed by atoms with Crippen molar-refractivity contribution in [3.63, 3.8) is 0 Å². The van der Waals surface area contributed by atoms with Crippen molar-refractivity contribution in [3.8, 4) is 0 Å². The van der Waals surface area contributed by atoms with Gasteiger partial charge >= 0.3 is 17.9 Å². The monoisotopic (exact) mass is 392 g/mol. The van der Waals surface area contributed by atoms with Crippen molar-refractivity contribution in [1.29, 1.82) is 0 Å². The van der Waals surface area contributed by atoms with Gasteiger partial charge in [0.05, 0.1) is 12.7 Å². The van der Waals surface area contributed by atoms with Gasteiger partial charge in [0, 0.05) is 17.3 Å². The Hall–Kier alpha value is -0.470. The molecule has 4 nitrogen and oxygen atoms in total. The smallest absolute Gasteiger partial charge is 0.377 e. The number of esters is 2. The highest BCUT2D eigenvalue weighted by molar-refractivity contribution is 14.1. The van der Waals surface area contributed by atoms with Gasteiger partial charge in [0.25, 0.3) is 0 Å². The Morgan fingerprint density at radius 2 is 1.89 bits per heavy atom. The molecule has 0 saturated heterocycles. The minimum absolute atomic E-state index is 0.205. The summed E-state index contributed by atoms with van der Waals surface area (Å²) < 4.78 is 35.8. The van der Waals surface area contributed by atoms with Crippen LogP contribution in [0.5, 0.6) is 0 Å². The van der Waals surface area contributed by atoms with E-state index in [0.717, 1.165) is 0 Å². The van der Waals surface area contributed by atoms with Crippen molar-refractivity contribution in [3.05, 3.63) is 0 Å². The van der Waals surface area contributed by atoms with Crippen LogP contribution in [0, 0.1) is 0 Å². The van der Waals surface area contributed by atoms with E-state index in [1.165, 1.54) is 20.8 Å². The second-order valence-corrected chi connectivity index (χ2v) is 6.20. The zero-order valence-corrected chi connectivity index (χ0v) is 13.4. The summed E-state index contributed by atoms with van der Waals surface area (Å²) in [4.78, 5) is 21.7. The zero-order valence-electron chi connectivity index (χ0n) is 11.3. The van der Waals surface area contributed by atoms with Crippen LogP contribution in [0.25, 0.3) is 0 Å². The average molecular weight is 392 g/mol. The van der Waals surface area contributed by atoms with Gasteiger partial charge in [-0.05, 0) is 26.7 Å². The van der Waals surface area contributed by atoms with Crippen LogP contribution in [0.4, 0.5) is 8.78 Å². The Labute approximate surface area is 125 Å². The predicted octanol–water partition coefficient (Wildman–Crippen LogP) is 3.11. The second kappa shape index (κ2) is 8.65. The maximum Gasteiger partial charge on any atom is 0.377 e. The molecular formula is C12H19F2IO4. The van der Waals surface area contributed by atoms with E-state index in [2.05, 4.69) is 4.74 Å². The normalized spacial score (nSPS) is 13.2. The molecule has 0 aliphatic carbocycles. The van der Waals surface area contributed by atoms with Gasteiger partial charge in [0.2, 0.25) is 0 Å². The number of rotatable bonds is 8. The van der Waals surface area contributed by atoms with E-state index in [-0.39, 0.29) is 10.5 Å². The largest absolute Gasteiger partial charge is 0.466 e. The molecular weight excluding hydrogens is 373 g/mol. The molecule has 0 aliphatic heterocycles. The Bertz CT molecular complexity index is 308. The number of carbonyl (C=O) groups excluding carboxylic acids is 2. The fourth-order valence-electron chi connectivity index (χ4n) is 1.28. The van der Waals surface area contributed by atoms with E-state index in [1.807, 2.05) is 22.6 Å². The lowest BCUT2D eigenvalue weighted by Gasteiger charge is -2.19. The van der Waals surface area contributed by atoms with Gasteiger partial charge in [0.15, 0.2) is 0 Å². The van der Waals surface area contributed by atoms with Crippen LogP contribution < -0.4 is 0 Å². The first-order valence-corrected chi connectivity index (χ1v) is 7.26. The molecule has 1 atom stereocenters. The Morgan fingerprint density at radius 1 is 1.32 bits per heavy atom. The van der Waals surface area contributed by atoms with Crippen molar-refractivity contribution in [2.45, 2.75) is 56.0 Å². The first kappa shape index (κ1) is 18.5. The Morgan fingerprint density at radius 3 is 2.37 bits per heavy atom. The Kier molecular flexibility index (Phi) is 8.44. The summed E-state index contributed by atoms with van der Waals surface area (Å²) in [7, 11) is 0. The molecule has 0 amide bonds. The third-order valence-electron chi connectivity index (χ3n) is 2.09. The quantitative estimate of drug-likeness (QED) is 0.276. The van der Waals surface area contributed by atoms with Crippen LogP contribution in [0.15, 0.2) is 0 Å². The molecule has 0 bridgehead atoms. The van der Waals surface area contributed by atoms with E-state index >= 15 is 0 Å². The van der Waals surface area contributed by atoms with Crippen molar-refractivity contribution in [2.75, 3.05) is 6.61 Å². The molecule has 0 heterocycles. The van der Waals surface area contributed by atoms with Crippen molar-refractivity contribution < 1.29 is 27.8 Å². The maximum absolute atomic E-state index is 13.5. The van der Waals surface area contributed by atoms with E-state index in [4.69, 9.17) is 4.74 Å². The molecule has 7 heteroatoms. The molecule has 0 aliphatic rings. The van der Waals surface area contributed by atoms with Gasteiger partial charge < -0.3 is 9.47 Å². The number of carbonyl (C=O) groups is 2. The van der Waals surface area contributed by atoms with Crippen LogP contribution in [0.1, 0.15) is 40.0 Å². The van der Waals surface area contributed by atoms with Crippen LogP contribution in [0.3, 0.4) is 0 Å². The number of hydrogen-bond acceptors (Lipinski definition) is 4. The summed E-state index contributed by atoms with van der Waals surface area (Å²) in [6.45, 7) is 4.54. The lowest BCUT2D eigenvalue weighted by atomic mass is 10.1. The third kappa shape index (κ3) is 9.12. The number of halogens is 3. The summed E-state index contributed by atoms with van der Waals surface area (Å²) in [5, 5.41) is 0. The van der Waals surface area contributed by atoms with Crippen molar-refractivity contribution >= 4 is 34.5 Å². The minimum atomic E-state index is -3.47. The van der Waals surface area contributed by atoms with Crippen molar-refractivity contribution in [2.24, 2.45) is 0 Å². The number of alkyl halides is 3. The van der Waals surface area contributed by atoms with Gasteiger partial charge in [-0.25, -0.2) is 4.79 Å². The molecule has 0 fully saturated rings. The molecule has 19 heavy (non-hydrogen) atoms. The van der Waals surface area contributed by atoms with Crippen LogP contribution >= 0.6 is 22.6 Å². The number of hydrogen-bond donors (Lipinski definition) is 0. The van der Waals surface area contributed by atoms with Gasteiger partial charge in [-0.3, -0.25) is 4.79 Å². The standard InChI is InChI=1S/C12H19F2IO4/c1-8(2)19-11(17)12(13,14)7-10(15)5-4-6-18-9(3)16/h8,10H,4-7H2,1-3H3. The van der Waals surface area contributed by atoms with E-state index in [9.17, 15) is 18.4 Å². The lowest BCUT2D eigenvalue weighted by Crippen LogP contribution is -2.35. The zero-order chi connectivity index (χ0) is 15.1. The molecule has 1 unspecified atom stereocenters. The summed E-state index contributed by atoms with van der Waals surface area (Å²) in [5.41, 5.74) is 0. The third-order valence-corrected chi connectivity index (χ3v) is 3.15. The molecule has 0 spiro atoms. The first-order valence-electron chi connectivity index (χ1n) is 6.01. The molecule has 0 rings (SSSR count). The SMILES string of the molecule is CC(=O)OCCCC(I)CC(F)(F)C(=O)OC(C)C. The fraction of sp³-hybridized carbons (Fsp3) is 0.833. The highest BCUT2D eigenvalue weighted by Gasteiger charge is 2.42. The maximum atomic E-state index is 13.5. The van der Waals surface area contributed by atoms with Gasteiger partial charge in [-0.15, -0.1) is 0 Å². The molecule has 0 saturated carbocycles. The van der Waals surface area contributed by atoms with Crippen LogP contribution in [0.2, 0.25) is 0 Å². The summed E-state index contributed by atoms with van der Waals surface area (Å²) in [6, 6.07) is 0. The topological polar surface area (TPSA) is 52.6 Å². The van der Waals surface area contributed by atoms with E-state index < -0.39 is 30.4 Å². The van der Waals surface area contributed by atoms with Crippen molar-refractivity contribution in [1.82, 2.24) is 0 Å². The Balaban J connectivity index is 4.04. The summed E-state index contributed by atoms with van der Waals surface area (Å²) in [5.74, 6) is -5.35. The average Bonchev–Trinajstić information content (AvgIpc) is 2.22. The predicted molar refractivity (Wildman–Crippen MR) is 74.5 cm³/mol. The first-order chi connectivity index (χ1) is 8.65. The minimum Gasteiger partial charge on any atom is -0.466 e. The fourth-order valence-corrected chi connectivity index (χ4v) is 2.28. The number of ether oxygens (including phenoxy) is 2. The highest BCUT2D eigenvalue weighted by atomic mass is 127. The highest BCUT2D eigenvalue weighted by Crippen LogP contribution is 2.28. The summed E-state index contributed by atoms with van der Waals surface area (Å²) >= 11 is 1.86. The van der Waals surface area contributed by atoms with Gasteiger partial charge in [0.1, 0.15) is 0 Å². The summed E-state index contributed by atoms with van der Waals surface area (Å²) in [6.07, 6.45) is -0.199.